The van der Waals surface area contributed by atoms with Gasteiger partial charge in [0.2, 0.25) is 11.7 Å². The van der Waals surface area contributed by atoms with Gasteiger partial charge in [0, 0.05) is 5.75 Å². The Labute approximate surface area is 92.7 Å². The molecule has 0 aliphatic rings. The van der Waals surface area contributed by atoms with Gasteiger partial charge in [-0.15, -0.1) is 5.10 Å². The van der Waals surface area contributed by atoms with Gasteiger partial charge in [-0.3, -0.25) is 4.68 Å². The predicted molar refractivity (Wildman–Crippen MR) is 56.9 cm³/mol. The average Bonchev–Trinajstić information content (AvgIpc) is 2.74. The summed E-state index contributed by atoms with van der Waals surface area (Å²) in [6.45, 7) is 1.78. The molecule has 1 heterocycles. The minimum atomic E-state index is -3.03. The maximum atomic E-state index is 11.2. The fourth-order valence-electron chi connectivity index (χ4n) is 0.941. The molecule has 0 unspecified atom stereocenters. The predicted octanol–water partition coefficient (Wildman–Crippen LogP) is -1.19. The maximum Gasteiger partial charge on any atom is 0.219 e. The molecule has 3 N–H and O–H groups in total. The van der Waals surface area contributed by atoms with Crippen molar-refractivity contribution in [3.8, 4) is 0 Å². The van der Waals surface area contributed by atoms with Crippen LogP contribution < -0.4 is 5.73 Å². The van der Waals surface area contributed by atoms with E-state index in [4.69, 9.17) is 10.9 Å². The number of amidine groups is 1. The zero-order valence-corrected chi connectivity index (χ0v) is 9.55. The molecule has 1 aromatic heterocycles. The summed E-state index contributed by atoms with van der Waals surface area (Å²) in [6.07, 6.45) is 1.33. The van der Waals surface area contributed by atoms with Crippen LogP contribution in [0.2, 0.25) is 0 Å². The molecule has 90 valence electrons. The lowest BCUT2D eigenvalue weighted by atomic mass is 10.6. The van der Waals surface area contributed by atoms with Crippen molar-refractivity contribution in [1.82, 2.24) is 14.8 Å². The van der Waals surface area contributed by atoms with E-state index < -0.39 is 9.84 Å². The summed E-state index contributed by atoms with van der Waals surface area (Å²) in [5.74, 6) is -0.0643. The highest BCUT2D eigenvalue weighted by molar-refractivity contribution is 7.91. The minimum Gasteiger partial charge on any atom is -0.409 e. The summed E-state index contributed by atoms with van der Waals surface area (Å²) >= 11 is 0. The third kappa shape index (κ3) is 3.19. The summed E-state index contributed by atoms with van der Waals surface area (Å²) in [6, 6.07) is 0. The Kier molecular flexibility index (Phi) is 3.82. The Morgan fingerprint density at radius 2 is 2.38 bits per heavy atom. The highest BCUT2D eigenvalue weighted by Crippen LogP contribution is 1.94. The van der Waals surface area contributed by atoms with Crippen LogP contribution in [0.3, 0.4) is 0 Å². The molecule has 0 aliphatic carbocycles. The second-order valence-electron chi connectivity index (χ2n) is 3.05. The molecule has 16 heavy (non-hydrogen) atoms. The second-order valence-corrected chi connectivity index (χ2v) is 5.53. The Bertz CT molecular complexity index is 478. The van der Waals surface area contributed by atoms with Crippen molar-refractivity contribution < 1.29 is 13.6 Å². The van der Waals surface area contributed by atoms with E-state index in [1.165, 1.54) is 11.0 Å². The van der Waals surface area contributed by atoms with Crippen molar-refractivity contribution >= 4 is 15.7 Å². The molecule has 0 bridgehead atoms. The lowest BCUT2D eigenvalue weighted by Gasteiger charge is -2.00. The molecule has 0 aliphatic heterocycles. The number of aromatic nitrogens is 3. The van der Waals surface area contributed by atoms with E-state index in [9.17, 15) is 8.42 Å². The van der Waals surface area contributed by atoms with E-state index in [0.29, 0.717) is 0 Å². The summed E-state index contributed by atoms with van der Waals surface area (Å²) in [7, 11) is -3.03. The number of rotatable bonds is 5. The van der Waals surface area contributed by atoms with E-state index in [0.717, 1.165) is 0 Å². The van der Waals surface area contributed by atoms with Crippen LogP contribution in [0.5, 0.6) is 0 Å². The van der Waals surface area contributed by atoms with Crippen LogP contribution in [-0.4, -0.2) is 45.7 Å². The average molecular weight is 247 g/mol. The molecule has 8 nitrogen and oxygen atoms in total. The lowest BCUT2D eigenvalue weighted by Crippen LogP contribution is -2.17. The van der Waals surface area contributed by atoms with Gasteiger partial charge < -0.3 is 10.9 Å². The number of nitrogens with two attached hydrogens (primary N) is 1. The number of hydrogen-bond donors (Lipinski definition) is 2. The van der Waals surface area contributed by atoms with Crippen molar-refractivity contribution in [2.75, 3.05) is 11.5 Å². The van der Waals surface area contributed by atoms with E-state index >= 15 is 0 Å². The van der Waals surface area contributed by atoms with Gasteiger partial charge in [0.25, 0.3) is 0 Å². The van der Waals surface area contributed by atoms with Gasteiger partial charge in [-0.05, 0) is 0 Å². The first kappa shape index (κ1) is 12.4. The Hall–Kier alpha value is -1.64. The third-order valence-corrected chi connectivity index (χ3v) is 3.63. The fourth-order valence-corrected chi connectivity index (χ4v) is 1.70. The lowest BCUT2D eigenvalue weighted by molar-refractivity contribution is 0.318. The molecule has 0 amide bonds. The first-order chi connectivity index (χ1) is 7.48. The summed E-state index contributed by atoms with van der Waals surface area (Å²) in [4.78, 5) is 3.75. The molecule has 0 saturated carbocycles. The standard InChI is InChI=1S/C7H13N5O3S/c1-2-16(14,15)4-3-12-5-9-7(10-12)6(8)11-13/h5,13H,2-4H2,1H3,(H2,8,11). The normalized spacial score (nSPS) is 12.9. The topological polar surface area (TPSA) is 123 Å². The van der Waals surface area contributed by atoms with Crippen LogP contribution in [0.1, 0.15) is 12.7 Å². The minimum absolute atomic E-state index is 0.0114. The van der Waals surface area contributed by atoms with Gasteiger partial charge in [-0.1, -0.05) is 12.1 Å². The van der Waals surface area contributed by atoms with E-state index in [1.807, 2.05) is 0 Å². The number of nitrogens with zero attached hydrogens (tertiary/aromatic N) is 4. The summed E-state index contributed by atoms with van der Waals surface area (Å²) in [5, 5.41) is 15.0. The van der Waals surface area contributed by atoms with Gasteiger partial charge in [0.05, 0.1) is 12.3 Å². The molecular weight excluding hydrogens is 234 g/mol. The number of hydrogen-bond acceptors (Lipinski definition) is 6. The Morgan fingerprint density at radius 1 is 1.69 bits per heavy atom. The van der Waals surface area contributed by atoms with Crippen LogP contribution in [-0.2, 0) is 16.4 Å². The van der Waals surface area contributed by atoms with Gasteiger partial charge in [0.1, 0.15) is 6.33 Å². The molecule has 1 rings (SSSR count). The van der Waals surface area contributed by atoms with Gasteiger partial charge in [-0.2, -0.15) is 0 Å². The van der Waals surface area contributed by atoms with E-state index in [2.05, 4.69) is 15.2 Å². The second kappa shape index (κ2) is 4.92. The van der Waals surface area contributed by atoms with Gasteiger partial charge in [0.15, 0.2) is 9.84 Å². The first-order valence-corrected chi connectivity index (χ1v) is 6.38. The highest BCUT2D eigenvalue weighted by atomic mass is 32.2. The van der Waals surface area contributed by atoms with Crippen LogP contribution in [0.15, 0.2) is 11.5 Å². The van der Waals surface area contributed by atoms with Crippen LogP contribution in [0, 0.1) is 0 Å². The number of aryl methyl sites for hydroxylation is 1. The Morgan fingerprint density at radius 3 is 2.94 bits per heavy atom. The maximum absolute atomic E-state index is 11.2. The molecular formula is C7H13N5O3S. The number of sulfone groups is 1. The summed E-state index contributed by atoms with van der Waals surface area (Å²) in [5.41, 5.74) is 5.26. The zero-order valence-electron chi connectivity index (χ0n) is 8.74. The van der Waals surface area contributed by atoms with Crippen molar-refractivity contribution in [3.63, 3.8) is 0 Å². The van der Waals surface area contributed by atoms with Crippen LogP contribution in [0.25, 0.3) is 0 Å². The van der Waals surface area contributed by atoms with Gasteiger partial charge in [-0.25, -0.2) is 13.4 Å². The first-order valence-electron chi connectivity index (χ1n) is 4.56. The summed E-state index contributed by atoms with van der Waals surface area (Å²) < 4.78 is 23.8. The molecule has 9 heteroatoms. The van der Waals surface area contributed by atoms with Crippen molar-refractivity contribution in [2.45, 2.75) is 13.5 Å². The fraction of sp³-hybridized carbons (Fsp3) is 0.571. The van der Waals surface area contributed by atoms with Gasteiger partial charge >= 0.3 is 0 Å². The van der Waals surface area contributed by atoms with E-state index in [-0.39, 0.29) is 29.7 Å². The van der Waals surface area contributed by atoms with Crippen molar-refractivity contribution in [1.29, 1.82) is 0 Å². The monoisotopic (exact) mass is 247 g/mol. The zero-order chi connectivity index (χ0) is 12.2. The molecule has 0 saturated heterocycles. The molecule has 0 fully saturated rings. The molecule has 0 spiro atoms. The molecule has 0 atom stereocenters. The quantitative estimate of drug-likeness (QED) is 0.292. The van der Waals surface area contributed by atoms with Crippen LogP contribution >= 0.6 is 0 Å². The van der Waals surface area contributed by atoms with Crippen molar-refractivity contribution in [2.24, 2.45) is 10.9 Å². The number of oxime groups is 1. The molecule has 0 aromatic carbocycles. The molecule has 1 aromatic rings. The highest BCUT2D eigenvalue weighted by Gasteiger charge is 2.10. The third-order valence-electron chi connectivity index (χ3n) is 1.94. The van der Waals surface area contributed by atoms with Crippen LogP contribution in [0.4, 0.5) is 0 Å². The van der Waals surface area contributed by atoms with E-state index in [1.54, 1.807) is 6.92 Å². The molecule has 0 radical (unpaired) electrons. The largest absolute Gasteiger partial charge is 0.409 e. The smallest absolute Gasteiger partial charge is 0.219 e. The van der Waals surface area contributed by atoms with Crippen molar-refractivity contribution in [3.05, 3.63) is 12.2 Å². The SMILES string of the molecule is CCS(=O)(=O)CCn1cnc(C(N)=NO)n1. The Balaban J connectivity index is 2.67.